The highest BCUT2D eigenvalue weighted by atomic mass is 15.4. The van der Waals surface area contributed by atoms with Gasteiger partial charge in [0.2, 0.25) is 0 Å². The lowest BCUT2D eigenvalue weighted by molar-refractivity contribution is 0.740. The van der Waals surface area contributed by atoms with Crippen LogP contribution in [0.3, 0.4) is 0 Å². The smallest absolute Gasteiger partial charge is 0.134 e. The zero-order valence-corrected chi connectivity index (χ0v) is 11.2. The Morgan fingerprint density at radius 1 is 0.895 bits per heavy atom. The van der Waals surface area contributed by atoms with Gasteiger partial charge in [0, 0.05) is 23.8 Å². The van der Waals surface area contributed by atoms with Gasteiger partial charge in [-0.25, -0.2) is 4.98 Å². The number of benzene rings is 1. The van der Waals surface area contributed by atoms with E-state index in [1.165, 1.54) is 5.69 Å². The molecular formula is C16H17N3. The highest BCUT2D eigenvalue weighted by molar-refractivity contribution is 5.58. The molecule has 0 aliphatic carbocycles. The number of hydrogen-bond acceptors (Lipinski definition) is 3. The topological polar surface area (TPSA) is 19.4 Å². The maximum Gasteiger partial charge on any atom is 0.134 e. The zero-order chi connectivity index (χ0) is 13.2. The maximum absolute atomic E-state index is 4.58. The van der Waals surface area contributed by atoms with Gasteiger partial charge in [-0.15, -0.1) is 0 Å². The zero-order valence-electron chi connectivity index (χ0n) is 11.2. The van der Waals surface area contributed by atoms with E-state index in [-0.39, 0.29) is 6.17 Å². The van der Waals surface area contributed by atoms with E-state index >= 15 is 0 Å². The maximum atomic E-state index is 4.58. The molecule has 1 unspecified atom stereocenters. The quantitative estimate of drug-likeness (QED) is 0.814. The molecule has 1 atom stereocenters. The number of anilines is 2. The summed E-state index contributed by atoms with van der Waals surface area (Å²) in [6.07, 6.45) is 4.42. The number of hydrogen-bond donors (Lipinski definition) is 0. The fourth-order valence-corrected chi connectivity index (χ4v) is 2.37. The Labute approximate surface area is 113 Å². The van der Waals surface area contributed by atoms with Crippen molar-refractivity contribution in [3.05, 3.63) is 66.6 Å². The molecular weight excluding hydrogens is 234 g/mol. The molecule has 0 fully saturated rings. The molecule has 19 heavy (non-hydrogen) atoms. The van der Waals surface area contributed by atoms with E-state index in [1.54, 1.807) is 0 Å². The summed E-state index contributed by atoms with van der Waals surface area (Å²) in [6, 6.07) is 16.5. The van der Waals surface area contributed by atoms with Gasteiger partial charge in [0.1, 0.15) is 12.0 Å². The first-order chi connectivity index (χ1) is 9.25. The van der Waals surface area contributed by atoms with Crippen molar-refractivity contribution < 1.29 is 0 Å². The van der Waals surface area contributed by atoms with Crippen LogP contribution in [0.4, 0.5) is 11.5 Å². The first kappa shape index (κ1) is 11.8. The van der Waals surface area contributed by atoms with Crippen molar-refractivity contribution in [2.45, 2.75) is 20.0 Å². The summed E-state index contributed by atoms with van der Waals surface area (Å²) >= 11 is 0. The fourth-order valence-electron chi connectivity index (χ4n) is 2.37. The summed E-state index contributed by atoms with van der Waals surface area (Å²) in [6.45, 7) is 4.19. The van der Waals surface area contributed by atoms with Gasteiger partial charge in [0.25, 0.3) is 0 Å². The fraction of sp³-hybridized carbons (Fsp3) is 0.188. The Hall–Kier alpha value is -2.29. The standard InChI is InChI=1S/C16H17N3/c1-13-7-6-10-16(17-13)19-12-11-18(14(19)2)15-8-4-3-5-9-15/h3-12,14H,1-2H3. The van der Waals surface area contributed by atoms with E-state index in [0.717, 1.165) is 11.5 Å². The Morgan fingerprint density at radius 3 is 2.37 bits per heavy atom. The molecule has 2 aromatic rings. The van der Waals surface area contributed by atoms with Crippen LogP contribution in [0.2, 0.25) is 0 Å². The molecule has 0 amide bonds. The molecule has 0 bridgehead atoms. The summed E-state index contributed by atoms with van der Waals surface area (Å²) in [5.74, 6) is 0.988. The Bertz CT molecular complexity index is 592. The minimum Gasteiger partial charge on any atom is -0.326 e. The van der Waals surface area contributed by atoms with Crippen LogP contribution < -0.4 is 9.80 Å². The largest absolute Gasteiger partial charge is 0.326 e. The highest BCUT2D eigenvalue weighted by Gasteiger charge is 2.24. The number of aromatic nitrogens is 1. The summed E-state index contributed by atoms with van der Waals surface area (Å²) < 4.78 is 0. The summed E-state index contributed by atoms with van der Waals surface area (Å²) in [5, 5.41) is 0. The monoisotopic (exact) mass is 251 g/mol. The SMILES string of the molecule is Cc1cccc(N2C=CN(c3ccccc3)C2C)n1. The lowest BCUT2D eigenvalue weighted by Crippen LogP contribution is -2.36. The van der Waals surface area contributed by atoms with Gasteiger partial charge in [-0.3, -0.25) is 0 Å². The molecule has 3 heteroatoms. The van der Waals surface area contributed by atoms with E-state index in [9.17, 15) is 0 Å². The second-order valence-electron chi connectivity index (χ2n) is 4.72. The molecule has 0 spiro atoms. The molecule has 0 saturated heterocycles. The van der Waals surface area contributed by atoms with Crippen molar-refractivity contribution in [1.29, 1.82) is 0 Å². The van der Waals surface area contributed by atoms with Crippen LogP contribution in [0, 0.1) is 6.92 Å². The van der Waals surface area contributed by atoms with E-state index < -0.39 is 0 Å². The van der Waals surface area contributed by atoms with Crippen LogP contribution in [0.25, 0.3) is 0 Å². The lowest BCUT2D eigenvalue weighted by Gasteiger charge is -2.29. The Kier molecular flexibility index (Phi) is 2.95. The molecule has 1 aliphatic rings. The van der Waals surface area contributed by atoms with Gasteiger partial charge in [0.15, 0.2) is 0 Å². The number of para-hydroxylation sites is 1. The predicted molar refractivity (Wildman–Crippen MR) is 79.0 cm³/mol. The molecule has 0 saturated carbocycles. The van der Waals surface area contributed by atoms with Gasteiger partial charge >= 0.3 is 0 Å². The minimum absolute atomic E-state index is 0.233. The Balaban J connectivity index is 1.87. The van der Waals surface area contributed by atoms with Crippen LogP contribution in [0.15, 0.2) is 60.9 Å². The predicted octanol–water partition coefficient (Wildman–Crippen LogP) is 3.53. The van der Waals surface area contributed by atoms with E-state index in [1.807, 2.05) is 31.2 Å². The normalized spacial score (nSPS) is 18.1. The van der Waals surface area contributed by atoms with Crippen LogP contribution in [-0.4, -0.2) is 11.1 Å². The molecule has 0 N–H and O–H groups in total. The van der Waals surface area contributed by atoms with E-state index in [4.69, 9.17) is 0 Å². The van der Waals surface area contributed by atoms with Gasteiger partial charge < -0.3 is 9.80 Å². The molecule has 1 aromatic heterocycles. The second-order valence-corrected chi connectivity index (χ2v) is 4.72. The van der Waals surface area contributed by atoms with Gasteiger partial charge in [-0.2, -0.15) is 0 Å². The molecule has 0 radical (unpaired) electrons. The molecule has 2 heterocycles. The van der Waals surface area contributed by atoms with Gasteiger partial charge in [-0.05, 0) is 38.1 Å². The summed E-state index contributed by atoms with van der Waals surface area (Å²) in [5.41, 5.74) is 2.23. The van der Waals surface area contributed by atoms with Crippen molar-refractivity contribution >= 4 is 11.5 Å². The molecule has 3 rings (SSSR count). The van der Waals surface area contributed by atoms with Crippen LogP contribution in [0.5, 0.6) is 0 Å². The number of aryl methyl sites for hydroxylation is 1. The van der Waals surface area contributed by atoms with Crippen molar-refractivity contribution in [3.63, 3.8) is 0 Å². The highest BCUT2D eigenvalue weighted by Crippen LogP contribution is 2.27. The van der Waals surface area contributed by atoms with Crippen molar-refractivity contribution in [1.82, 2.24) is 4.98 Å². The first-order valence-electron chi connectivity index (χ1n) is 6.49. The molecule has 3 nitrogen and oxygen atoms in total. The van der Waals surface area contributed by atoms with Crippen molar-refractivity contribution in [2.24, 2.45) is 0 Å². The lowest BCUT2D eigenvalue weighted by atomic mass is 10.3. The van der Waals surface area contributed by atoms with E-state index in [0.29, 0.717) is 0 Å². The van der Waals surface area contributed by atoms with Crippen molar-refractivity contribution in [3.8, 4) is 0 Å². The van der Waals surface area contributed by atoms with Crippen molar-refractivity contribution in [2.75, 3.05) is 9.80 Å². The molecule has 1 aliphatic heterocycles. The number of nitrogens with zero attached hydrogens (tertiary/aromatic N) is 3. The Morgan fingerprint density at radius 2 is 1.63 bits per heavy atom. The second kappa shape index (κ2) is 4.76. The average Bonchev–Trinajstić information content (AvgIpc) is 2.81. The molecule has 1 aromatic carbocycles. The van der Waals surface area contributed by atoms with Gasteiger partial charge in [-0.1, -0.05) is 24.3 Å². The number of rotatable bonds is 2. The third-order valence-electron chi connectivity index (χ3n) is 3.39. The third-order valence-corrected chi connectivity index (χ3v) is 3.39. The van der Waals surface area contributed by atoms with Crippen LogP contribution in [0.1, 0.15) is 12.6 Å². The number of pyridine rings is 1. The minimum atomic E-state index is 0.233. The van der Waals surface area contributed by atoms with Crippen LogP contribution >= 0.6 is 0 Å². The van der Waals surface area contributed by atoms with Gasteiger partial charge in [0.05, 0.1) is 0 Å². The van der Waals surface area contributed by atoms with E-state index in [2.05, 4.69) is 58.4 Å². The summed E-state index contributed by atoms with van der Waals surface area (Å²) in [7, 11) is 0. The first-order valence-corrected chi connectivity index (χ1v) is 6.49. The summed E-state index contributed by atoms with van der Waals surface area (Å²) in [4.78, 5) is 9.00. The van der Waals surface area contributed by atoms with Crippen LogP contribution in [-0.2, 0) is 0 Å². The third kappa shape index (κ3) is 2.19. The average molecular weight is 251 g/mol. The molecule has 96 valence electrons.